The molecule has 0 aliphatic carbocycles. The van der Waals surface area contributed by atoms with Gasteiger partial charge in [-0.1, -0.05) is 45.0 Å². The van der Waals surface area contributed by atoms with Gasteiger partial charge in [0.25, 0.3) is 0 Å². The minimum atomic E-state index is -3.79. The van der Waals surface area contributed by atoms with Crippen molar-refractivity contribution in [1.29, 1.82) is 0 Å². The lowest BCUT2D eigenvalue weighted by Gasteiger charge is -2.19. The highest BCUT2D eigenvalue weighted by Crippen LogP contribution is 2.24. The maximum absolute atomic E-state index is 12.3. The van der Waals surface area contributed by atoms with Crippen LogP contribution in [-0.4, -0.2) is 39.8 Å². The fourth-order valence-electron chi connectivity index (χ4n) is 2.76. The summed E-state index contributed by atoms with van der Waals surface area (Å²) in [5, 5.41) is 2.70. The van der Waals surface area contributed by atoms with Crippen LogP contribution in [0.3, 0.4) is 0 Å². The molecule has 0 atom stereocenters. The molecule has 0 bridgehead atoms. The zero-order valence-electron chi connectivity index (χ0n) is 18.4. The zero-order valence-corrected chi connectivity index (χ0v) is 19.2. The van der Waals surface area contributed by atoms with Crippen LogP contribution in [0, 0.1) is 0 Å². The van der Waals surface area contributed by atoms with Crippen LogP contribution >= 0.6 is 0 Å². The van der Waals surface area contributed by atoms with E-state index in [0.717, 1.165) is 5.75 Å². The first kappa shape index (κ1) is 24.6. The largest absolute Gasteiger partial charge is 0.492 e. The molecule has 0 saturated carbocycles. The number of rotatable bonds is 10. The molecule has 1 amide bonds. The van der Waals surface area contributed by atoms with Gasteiger partial charge in [-0.2, -0.15) is 0 Å². The van der Waals surface area contributed by atoms with Crippen molar-refractivity contribution in [3.8, 4) is 5.75 Å². The Bertz CT molecular complexity index is 1010. The van der Waals surface area contributed by atoms with Gasteiger partial charge in [0.15, 0.2) is 5.78 Å². The number of hydrogen-bond donors (Lipinski definition) is 2. The lowest BCUT2D eigenvalue weighted by molar-refractivity contribution is -0.121. The van der Waals surface area contributed by atoms with Gasteiger partial charge in [0.2, 0.25) is 15.9 Å². The van der Waals surface area contributed by atoms with Crippen LogP contribution in [0.25, 0.3) is 0 Å². The third kappa shape index (κ3) is 7.80. The maximum Gasteiger partial charge on any atom is 0.240 e. The molecule has 0 heterocycles. The molecule has 2 aromatic rings. The third-order valence-corrected chi connectivity index (χ3v) is 6.07. The van der Waals surface area contributed by atoms with Crippen molar-refractivity contribution in [2.24, 2.45) is 0 Å². The van der Waals surface area contributed by atoms with E-state index in [2.05, 4.69) is 30.8 Å². The van der Waals surface area contributed by atoms with Crippen LogP contribution < -0.4 is 14.8 Å². The van der Waals surface area contributed by atoms with E-state index < -0.39 is 10.0 Å². The third-order valence-electron chi connectivity index (χ3n) is 4.61. The molecule has 0 unspecified atom stereocenters. The Morgan fingerprint density at radius 3 is 2.29 bits per heavy atom. The molecule has 0 fully saturated rings. The highest BCUT2D eigenvalue weighted by molar-refractivity contribution is 7.89. The predicted molar refractivity (Wildman–Crippen MR) is 120 cm³/mol. The summed E-state index contributed by atoms with van der Waals surface area (Å²) >= 11 is 0. The van der Waals surface area contributed by atoms with Crippen LogP contribution in [0.2, 0.25) is 0 Å². The van der Waals surface area contributed by atoms with Crippen LogP contribution in [0.4, 0.5) is 0 Å². The number of ketones is 1. The average molecular weight is 447 g/mol. The molecule has 2 aromatic carbocycles. The van der Waals surface area contributed by atoms with E-state index in [1.54, 1.807) is 6.07 Å². The SMILES string of the molecule is CC(=O)c1cccc(S(=O)(=O)NCCC(=O)NCCOc2ccc(C(C)(C)C)cc2)c1. The molecule has 0 aliphatic heterocycles. The maximum atomic E-state index is 12.3. The van der Waals surface area contributed by atoms with Crippen molar-refractivity contribution in [3.05, 3.63) is 59.7 Å². The number of nitrogens with one attached hydrogen (secondary N) is 2. The normalized spacial score (nSPS) is 11.7. The van der Waals surface area contributed by atoms with Crippen LogP contribution in [0.1, 0.15) is 50.0 Å². The van der Waals surface area contributed by atoms with Gasteiger partial charge in [-0.25, -0.2) is 13.1 Å². The van der Waals surface area contributed by atoms with E-state index in [1.807, 2.05) is 24.3 Å². The van der Waals surface area contributed by atoms with Crippen LogP contribution in [0.5, 0.6) is 5.75 Å². The molecule has 31 heavy (non-hydrogen) atoms. The summed E-state index contributed by atoms with van der Waals surface area (Å²) < 4.78 is 32.6. The van der Waals surface area contributed by atoms with Gasteiger partial charge in [-0.05, 0) is 42.2 Å². The number of Topliss-reactive ketones (excluding diaryl/α,β-unsaturated/α-hetero) is 1. The second kappa shape index (κ2) is 10.5. The number of ether oxygens (including phenoxy) is 1. The first-order chi connectivity index (χ1) is 14.5. The molecule has 2 rings (SSSR count). The number of benzene rings is 2. The van der Waals surface area contributed by atoms with Crippen molar-refractivity contribution in [3.63, 3.8) is 0 Å². The minimum Gasteiger partial charge on any atom is -0.492 e. The molecule has 0 aromatic heterocycles. The van der Waals surface area contributed by atoms with Crippen molar-refractivity contribution in [1.82, 2.24) is 10.0 Å². The average Bonchev–Trinajstić information content (AvgIpc) is 2.71. The fourth-order valence-corrected chi connectivity index (χ4v) is 3.84. The highest BCUT2D eigenvalue weighted by Gasteiger charge is 2.16. The van der Waals surface area contributed by atoms with Gasteiger partial charge in [0, 0.05) is 18.5 Å². The highest BCUT2D eigenvalue weighted by atomic mass is 32.2. The Hall–Kier alpha value is -2.71. The quantitative estimate of drug-likeness (QED) is 0.431. The summed E-state index contributed by atoms with van der Waals surface area (Å²) in [6, 6.07) is 13.6. The van der Waals surface area contributed by atoms with Gasteiger partial charge < -0.3 is 10.1 Å². The Kier molecular flexibility index (Phi) is 8.36. The van der Waals surface area contributed by atoms with E-state index in [1.165, 1.54) is 30.7 Å². The Morgan fingerprint density at radius 1 is 1.00 bits per heavy atom. The summed E-state index contributed by atoms with van der Waals surface area (Å²) in [5.74, 6) is 0.221. The summed E-state index contributed by atoms with van der Waals surface area (Å²) in [7, 11) is -3.79. The van der Waals surface area contributed by atoms with Gasteiger partial charge in [-0.15, -0.1) is 0 Å². The Morgan fingerprint density at radius 2 is 1.68 bits per heavy atom. The number of carbonyl (C=O) groups excluding carboxylic acids is 2. The summed E-state index contributed by atoms with van der Waals surface area (Å²) in [6.07, 6.45) is -0.00803. The summed E-state index contributed by atoms with van der Waals surface area (Å²) in [5.41, 5.74) is 1.60. The standard InChI is InChI=1S/C23H30N2O5S/c1-17(26)18-6-5-7-21(16-18)31(28,29)25-13-12-22(27)24-14-15-30-20-10-8-19(9-11-20)23(2,3)4/h5-11,16,25H,12-15H2,1-4H3,(H,24,27). The van der Waals surface area contributed by atoms with E-state index in [4.69, 9.17) is 4.74 Å². The molecular weight excluding hydrogens is 416 g/mol. The van der Waals surface area contributed by atoms with Gasteiger partial charge >= 0.3 is 0 Å². The fraction of sp³-hybridized carbons (Fsp3) is 0.391. The summed E-state index contributed by atoms with van der Waals surface area (Å²) in [6.45, 7) is 8.37. The van der Waals surface area contributed by atoms with Gasteiger partial charge in [-0.3, -0.25) is 9.59 Å². The smallest absolute Gasteiger partial charge is 0.240 e. The van der Waals surface area contributed by atoms with Crippen LogP contribution in [0.15, 0.2) is 53.4 Å². The first-order valence-electron chi connectivity index (χ1n) is 10.1. The molecule has 0 spiro atoms. The minimum absolute atomic E-state index is 0.00788. The molecule has 0 radical (unpaired) electrons. The second-order valence-corrected chi connectivity index (χ2v) is 9.97. The monoisotopic (exact) mass is 446 g/mol. The number of carbonyl (C=O) groups is 2. The summed E-state index contributed by atoms with van der Waals surface area (Å²) in [4.78, 5) is 23.3. The van der Waals surface area contributed by atoms with Crippen molar-refractivity contribution >= 4 is 21.7 Å². The number of hydrogen-bond acceptors (Lipinski definition) is 5. The van der Waals surface area contributed by atoms with Crippen molar-refractivity contribution in [2.45, 2.75) is 44.4 Å². The van der Waals surface area contributed by atoms with Gasteiger partial charge in [0.05, 0.1) is 11.4 Å². The lowest BCUT2D eigenvalue weighted by atomic mass is 9.87. The van der Waals surface area contributed by atoms with E-state index in [0.29, 0.717) is 18.7 Å². The molecule has 2 N–H and O–H groups in total. The van der Waals surface area contributed by atoms with E-state index in [-0.39, 0.29) is 35.0 Å². The van der Waals surface area contributed by atoms with Crippen molar-refractivity contribution in [2.75, 3.05) is 19.7 Å². The number of amides is 1. The Labute approximate surface area is 184 Å². The topological polar surface area (TPSA) is 102 Å². The van der Waals surface area contributed by atoms with Crippen LogP contribution in [-0.2, 0) is 20.2 Å². The lowest BCUT2D eigenvalue weighted by Crippen LogP contribution is -2.32. The molecule has 168 valence electrons. The van der Waals surface area contributed by atoms with E-state index >= 15 is 0 Å². The molecule has 8 heteroatoms. The van der Waals surface area contributed by atoms with Crippen molar-refractivity contribution < 1.29 is 22.7 Å². The molecule has 0 saturated heterocycles. The molecule has 7 nitrogen and oxygen atoms in total. The first-order valence-corrected chi connectivity index (χ1v) is 11.6. The van der Waals surface area contributed by atoms with Gasteiger partial charge in [0.1, 0.15) is 12.4 Å². The molecular formula is C23H30N2O5S. The number of sulfonamides is 1. The Balaban J connectivity index is 1.71. The zero-order chi connectivity index (χ0) is 23.1. The second-order valence-electron chi connectivity index (χ2n) is 8.20. The molecule has 0 aliphatic rings. The van der Waals surface area contributed by atoms with E-state index in [9.17, 15) is 18.0 Å². The predicted octanol–water partition coefficient (Wildman–Crippen LogP) is 3.05.